The number of nitrogens with one attached hydrogen (secondary N) is 1. The Hall–Kier alpha value is -3.28. The molecule has 0 saturated carbocycles. The maximum atomic E-state index is 13.2. The van der Waals surface area contributed by atoms with Crippen LogP contribution in [0.25, 0.3) is 0 Å². The lowest BCUT2D eigenvalue weighted by Crippen LogP contribution is -2.20. The van der Waals surface area contributed by atoms with Gasteiger partial charge in [0.05, 0.1) is 5.56 Å². The molecule has 126 valence electrons. The highest BCUT2D eigenvalue weighted by molar-refractivity contribution is 6.03. The van der Waals surface area contributed by atoms with Crippen molar-refractivity contribution in [3.8, 4) is 0 Å². The molecule has 1 aromatic heterocycles. The van der Waals surface area contributed by atoms with E-state index in [2.05, 4.69) is 15.3 Å². The molecule has 3 rings (SSSR count). The van der Waals surface area contributed by atoms with Crippen molar-refractivity contribution in [1.29, 1.82) is 0 Å². The Kier molecular flexibility index (Phi) is 4.99. The van der Waals surface area contributed by atoms with Crippen LogP contribution in [0.2, 0.25) is 0 Å². The second-order valence-electron chi connectivity index (χ2n) is 5.58. The van der Waals surface area contributed by atoms with Gasteiger partial charge in [0.25, 0.3) is 5.91 Å². The second-order valence-corrected chi connectivity index (χ2v) is 5.58. The molecule has 3 aromatic rings. The molecule has 0 spiro atoms. The zero-order chi connectivity index (χ0) is 17.6. The zero-order valence-corrected chi connectivity index (χ0v) is 13.7. The van der Waals surface area contributed by atoms with Crippen LogP contribution >= 0.6 is 0 Å². The summed E-state index contributed by atoms with van der Waals surface area (Å²) in [5, 5.41) is 2.62. The fourth-order valence-corrected chi connectivity index (χ4v) is 2.33. The van der Waals surface area contributed by atoms with Crippen molar-refractivity contribution >= 4 is 17.5 Å². The molecule has 25 heavy (non-hydrogen) atoms. The Balaban J connectivity index is 1.66. The van der Waals surface area contributed by atoms with E-state index in [9.17, 15) is 9.18 Å². The fourth-order valence-electron chi connectivity index (χ4n) is 2.33. The van der Waals surface area contributed by atoms with Crippen LogP contribution in [0, 0.1) is 5.82 Å². The monoisotopic (exact) mass is 336 g/mol. The normalized spacial score (nSPS) is 10.3. The number of anilines is 2. The number of hydrogen-bond acceptors (Lipinski definition) is 4. The van der Waals surface area contributed by atoms with E-state index in [1.54, 1.807) is 6.07 Å². The van der Waals surface area contributed by atoms with E-state index in [-0.39, 0.29) is 5.91 Å². The summed E-state index contributed by atoms with van der Waals surface area (Å²) in [6, 6.07) is 15.7. The molecule has 0 aliphatic rings. The van der Waals surface area contributed by atoms with Crippen molar-refractivity contribution in [2.45, 2.75) is 6.54 Å². The van der Waals surface area contributed by atoms with E-state index in [0.29, 0.717) is 23.7 Å². The lowest BCUT2D eigenvalue weighted by molar-refractivity contribution is 0.102. The standard InChI is InChI=1S/C19H17FN4O/c1-24(13-14-6-3-2-4-7-14)19-21-11-15(12-22-19)18(25)23-17-9-5-8-16(20)10-17/h2-12H,13H2,1H3,(H,23,25). The van der Waals surface area contributed by atoms with E-state index < -0.39 is 5.82 Å². The van der Waals surface area contributed by atoms with E-state index in [0.717, 1.165) is 5.56 Å². The Morgan fingerprint density at radius 3 is 2.48 bits per heavy atom. The summed E-state index contributed by atoms with van der Waals surface area (Å²) in [5.74, 6) is -0.277. The van der Waals surface area contributed by atoms with Crippen LogP contribution in [0.5, 0.6) is 0 Å². The number of aromatic nitrogens is 2. The highest BCUT2D eigenvalue weighted by Crippen LogP contribution is 2.13. The van der Waals surface area contributed by atoms with E-state index in [1.165, 1.54) is 30.6 Å². The van der Waals surface area contributed by atoms with Gasteiger partial charge in [-0.3, -0.25) is 4.79 Å². The maximum Gasteiger partial charge on any atom is 0.258 e. The number of hydrogen-bond donors (Lipinski definition) is 1. The average Bonchev–Trinajstić information content (AvgIpc) is 2.62. The molecule has 2 aromatic carbocycles. The van der Waals surface area contributed by atoms with Gasteiger partial charge in [-0.15, -0.1) is 0 Å². The molecule has 1 heterocycles. The third-order valence-corrected chi connectivity index (χ3v) is 3.59. The molecule has 0 radical (unpaired) electrons. The number of benzene rings is 2. The van der Waals surface area contributed by atoms with Crippen molar-refractivity contribution in [3.63, 3.8) is 0 Å². The predicted molar refractivity (Wildman–Crippen MR) is 94.9 cm³/mol. The molecule has 0 fully saturated rings. The summed E-state index contributed by atoms with van der Waals surface area (Å²) in [4.78, 5) is 22.5. The maximum absolute atomic E-state index is 13.2. The number of amides is 1. The molecule has 1 N–H and O–H groups in total. The van der Waals surface area contributed by atoms with Crippen molar-refractivity contribution in [2.75, 3.05) is 17.3 Å². The number of rotatable bonds is 5. The van der Waals surface area contributed by atoms with E-state index >= 15 is 0 Å². The van der Waals surface area contributed by atoms with E-state index in [1.807, 2.05) is 42.3 Å². The minimum atomic E-state index is -0.410. The van der Waals surface area contributed by atoms with Gasteiger partial charge < -0.3 is 10.2 Å². The van der Waals surface area contributed by atoms with Gasteiger partial charge in [-0.05, 0) is 23.8 Å². The average molecular weight is 336 g/mol. The van der Waals surface area contributed by atoms with Crippen LogP contribution in [0.3, 0.4) is 0 Å². The van der Waals surface area contributed by atoms with Crippen molar-refractivity contribution < 1.29 is 9.18 Å². The fraction of sp³-hybridized carbons (Fsp3) is 0.105. The SMILES string of the molecule is CN(Cc1ccccc1)c1ncc(C(=O)Nc2cccc(F)c2)cn1. The first-order valence-electron chi connectivity index (χ1n) is 7.76. The van der Waals surface area contributed by atoms with Gasteiger partial charge in [0.15, 0.2) is 0 Å². The van der Waals surface area contributed by atoms with Gasteiger partial charge in [-0.2, -0.15) is 0 Å². The van der Waals surface area contributed by atoms with Gasteiger partial charge in [0.1, 0.15) is 5.82 Å². The number of carbonyl (C=O) groups excluding carboxylic acids is 1. The third kappa shape index (κ3) is 4.38. The molecule has 1 amide bonds. The van der Waals surface area contributed by atoms with Crippen LogP contribution in [-0.2, 0) is 6.54 Å². The third-order valence-electron chi connectivity index (χ3n) is 3.59. The highest BCUT2D eigenvalue weighted by atomic mass is 19.1. The number of carbonyl (C=O) groups is 1. The molecular formula is C19H17FN4O. The number of halogens is 1. The summed E-state index contributed by atoms with van der Waals surface area (Å²) < 4.78 is 13.2. The summed E-state index contributed by atoms with van der Waals surface area (Å²) in [5.41, 5.74) is 1.83. The van der Waals surface area contributed by atoms with Gasteiger partial charge >= 0.3 is 0 Å². The van der Waals surface area contributed by atoms with Crippen LogP contribution in [0.4, 0.5) is 16.0 Å². The highest BCUT2D eigenvalue weighted by Gasteiger charge is 2.10. The van der Waals surface area contributed by atoms with Gasteiger partial charge in [-0.25, -0.2) is 14.4 Å². The van der Waals surface area contributed by atoms with Crippen LogP contribution in [0.15, 0.2) is 67.0 Å². The summed E-state index contributed by atoms with van der Waals surface area (Å²) >= 11 is 0. The number of nitrogens with zero attached hydrogens (tertiary/aromatic N) is 3. The molecular weight excluding hydrogens is 319 g/mol. The molecule has 5 nitrogen and oxygen atoms in total. The summed E-state index contributed by atoms with van der Waals surface area (Å²) in [6.45, 7) is 0.662. The van der Waals surface area contributed by atoms with E-state index in [4.69, 9.17) is 0 Å². The molecule has 0 saturated heterocycles. The Morgan fingerprint density at radius 2 is 1.80 bits per heavy atom. The van der Waals surface area contributed by atoms with Gasteiger partial charge in [0, 0.05) is 31.7 Å². The summed E-state index contributed by atoms with van der Waals surface area (Å²) in [6.07, 6.45) is 2.91. The topological polar surface area (TPSA) is 58.1 Å². The minimum absolute atomic E-state index is 0.307. The van der Waals surface area contributed by atoms with Crippen molar-refractivity contribution in [3.05, 3.63) is 83.9 Å². The molecule has 0 unspecified atom stereocenters. The summed E-state index contributed by atoms with van der Waals surface area (Å²) in [7, 11) is 1.88. The Morgan fingerprint density at radius 1 is 1.08 bits per heavy atom. The van der Waals surface area contributed by atoms with Crippen molar-refractivity contribution in [2.24, 2.45) is 0 Å². The van der Waals surface area contributed by atoms with Crippen LogP contribution in [0.1, 0.15) is 15.9 Å². The smallest absolute Gasteiger partial charge is 0.258 e. The lowest BCUT2D eigenvalue weighted by Gasteiger charge is -2.17. The van der Waals surface area contributed by atoms with Crippen molar-refractivity contribution in [1.82, 2.24) is 9.97 Å². The predicted octanol–water partition coefficient (Wildman–Crippen LogP) is 3.50. The van der Waals surface area contributed by atoms with Gasteiger partial charge in [-0.1, -0.05) is 36.4 Å². The first-order chi connectivity index (χ1) is 12.1. The molecule has 0 aliphatic carbocycles. The Bertz CT molecular complexity index is 853. The quantitative estimate of drug-likeness (QED) is 0.775. The zero-order valence-electron chi connectivity index (χ0n) is 13.7. The molecule has 0 atom stereocenters. The van der Waals surface area contributed by atoms with Crippen LogP contribution < -0.4 is 10.2 Å². The molecule has 6 heteroatoms. The first-order valence-corrected chi connectivity index (χ1v) is 7.76. The van der Waals surface area contributed by atoms with Crippen LogP contribution in [-0.4, -0.2) is 22.9 Å². The Labute approximate surface area is 145 Å². The first kappa shape index (κ1) is 16.6. The van der Waals surface area contributed by atoms with Gasteiger partial charge in [0.2, 0.25) is 5.95 Å². The minimum Gasteiger partial charge on any atom is -0.340 e. The second kappa shape index (κ2) is 7.53. The molecule has 0 bridgehead atoms. The lowest BCUT2D eigenvalue weighted by atomic mass is 10.2. The largest absolute Gasteiger partial charge is 0.340 e. The molecule has 0 aliphatic heterocycles.